The number of likely N-dealkylation sites (N-methyl/N-ethyl adjacent to an activating group) is 1. The first-order chi connectivity index (χ1) is 18.0. The summed E-state index contributed by atoms with van der Waals surface area (Å²) < 4.78 is 46.9. The molecule has 12 heteroatoms. The maximum atomic E-state index is 13.8. The highest BCUT2D eigenvalue weighted by atomic mass is 35.5. The predicted octanol–water partition coefficient (Wildman–Crippen LogP) is 4.62. The zero-order chi connectivity index (χ0) is 27.4. The lowest BCUT2D eigenvalue weighted by Gasteiger charge is -2.38. The number of nitrogens with zero attached hydrogens (tertiary/aromatic N) is 3. The summed E-state index contributed by atoms with van der Waals surface area (Å²) in [4.78, 5) is 41.8. The number of rotatable bonds is 6. The predicted molar refractivity (Wildman–Crippen MR) is 142 cm³/mol. The largest absolute Gasteiger partial charge is 0.478 e. The van der Waals surface area contributed by atoms with E-state index in [0.717, 1.165) is 13.1 Å². The van der Waals surface area contributed by atoms with Crippen LogP contribution in [0, 0.1) is 0 Å². The van der Waals surface area contributed by atoms with Crippen LogP contribution >= 0.6 is 12.4 Å². The fraction of sp³-hybridized carbons (Fsp3) is 0.444. The highest BCUT2D eigenvalue weighted by Crippen LogP contribution is 2.37. The molecule has 2 fully saturated rings. The summed E-state index contributed by atoms with van der Waals surface area (Å²) in [6, 6.07) is 11.7. The van der Waals surface area contributed by atoms with E-state index in [1.54, 1.807) is 36.4 Å². The smallest absolute Gasteiger partial charge is 0.471 e. The molecular weight excluding hydrogens is 539 g/mol. The fourth-order valence-electron chi connectivity index (χ4n) is 4.98. The van der Waals surface area contributed by atoms with Gasteiger partial charge in [0.25, 0.3) is 0 Å². The van der Waals surface area contributed by atoms with Crippen molar-refractivity contribution in [3.05, 3.63) is 59.7 Å². The molecule has 4 rings (SSSR count). The number of piperazine rings is 1. The summed E-state index contributed by atoms with van der Waals surface area (Å²) in [7, 11) is 1.97. The van der Waals surface area contributed by atoms with Gasteiger partial charge in [0.1, 0.15) is 6.10 Å². The van der Waals surface area contributed by atoms with Gasteiger partial charge in [-0.3, -0.25) is 4.79 Å². The number of hydrogen-bond acceptors (Lipinski definition) is 6. The molecule has 39 heavy (non-hydrogen) atoms. The van der Waals surface area contributed by atoms with Crippen molar-refractivity contribution in [1.29, 1.82) is 0 Å². The highest BCUT2D eigenvalue weighted by Gasteiger charge is 2.47. The number of esters is 1. The number of carbonyl (C=O) groups is 3. The molecule has 0 spiro atoms. The monoisotopic (exact) mass is 569 g/mol. The van der Waals surface area contributed by atoms with Crippen molar-refractivity contribution in [2.75, 3.05) is 43.0 Å². The van der Waals surface area contributed by atoms with Crippen LogP contribution in [0.3, 0.4) is 0 Å². The van der Waals surface area contributed by atoms with Gasteiger partial charge in [-0.05, 0) is 63.1 Å². The van der Waals surface area contributed by atoms with Crippen molar-refractivity contribution in [2.45, 2.75) is 44.0 Å². The summed E-state index contributed by atoms with van der Waals surface area (Å²) >= 11 is 0. The number of amides is 1. The number of halogens is 4. The number of carboxylic acids is 1. The number of anilines is 2. The first-order valence-corrected chi connectivity index (χ1v) is 12.5. The van der Waals surface area contributed by atoms with Crippen molar-refractivity contribution in [3.63, 3.8) is 0 Å². The second kappa shape index (κ2) is 12.7. The molecular formula is C27H31ClF3N3O5. The number of ether oxygens (including phenoxy) is 1. The standard InChI is InChI=1S/C27H30F3N3O5.ClH/c1-31-13-15-32(16-14-31)20-9-12-22(24(34)35)23(17-20)33(26(37)27(28,29)30)19-7-10-21(11-8-19)38-25(36)18-5-3-2-4-6-18;/h2-6,9,12,17,19,21H,7-8,10-11,13-16H2,1H3,(H,34,35);1H/t19-,21+;. The van der Waals surface area contributed by atoms with Gasteiger partial charge >= 0.3 is 24.0 Å². The van der Waals surface area contributed by atoms with Crippen LogP contribution in [0.15, 0.2) is 48.5 Å². The minimum Gasteiger partial charge on any atom is -0.478 e. The average molecular weight is 570 g/mol. The van der Waals surface area contributed by atoms with Gasteiger partial charge in [-0.1, -0.05) is 18.2 Å². The fourth-order valence-corrected chi connectivity index (χ4v) is 4.98. The Morgan fingerprint density at radius 2 is 1.56 bits per heavy atom. The third-order valence-corrected chi connectivity index (χ3v) is 7.09. The highest BCUT2D eigenvalue weighted by molar-refractivity contribution is 6.05. The Morgan fingerprint density at radius 1 is 0.949 bits per heavy atom. The molecule has 2 aromatic rings. The molecule has 0 aromatic heterocycles. The van der Waals surface area contributed by atoms with Crippen LogP contribution in [0.25, 0.3) is 0 Å². The van der Waals surface area contributed by atoms with Crippen molar-refractivity contribution >= 4 is 41.6 Å². The average Bonchev–Trinajstić information content (AvgIpc) is 2.90. The molecule has 0 radical (unpaired) electrons. The van der Waals surface area contributed by atoms with Crippen molar-refractivity contribution < 1.29 is 37.4 Å². The molecule has 1 saturated heterocycles. The van der Waals surface area contributed by atoms with Crippen LogP contribution in [0.2, 0.25) is 0 Å². The van der Waals surface area contributed by atoms with Gasteiger partial charge in [-0.25, -0.2) is 9.59 Å². The van der Waals surface area contributed by atoms with Crippen LogP contribution in [0.4, 0.5) is 24.5 Å². The van der Waals surface area contributed by atoms with Gasteiger partial charge in [0.2, 0.25) is 0 Å². The topological polar surface area (TPSA) is 90.4 Å². The lowest BCUT2D eigenvalue weighted by molar-refractivity contribution is -0.171. The van der Waals surface area contributed by atoms with E-state index in [-0.39, 0.29) is 49.3 Å². The van der Waals surface area contributed by atoms with Crippen molar-refractivity contribution in [1.82, 2.24) is 4.90 Å². The van der Waals surface area contributed by atoms with Crippen LogP contribution in [-0.4, -0.2) is 79.4 Å². The summed E-state index contributed by atoms with van der Waals surface area (Å²) in [5.74, 6) is -4.05. The molecule has 212 valence electrons. The minimum atomic E-state index is -5.20. The Hall–Kier alpha value is -3.31. The molecule has 0 bridgehead atoms. The molecule has 1 aliphatic carbocycles. The number of benzene rings is 2. The van der Waals surface area contributed by atoms with Gasteiger partial charge in [-0.15, -0.1) is 12.4 Å². The molecule has 1 saturated carbocycles. The Labute approximate surface area is 230 Å². The van der Waals surface area contributed by atoms with E-state index in [4.69, 9.17) is 4.74 Å². The van der Waals surface area contributed by atoms with E-state index >= 15 is 0 Å². The molecule has 0 atom stereocenters. The summed E-state index contributed by atoms with van der Waals surface area (Å²) in [5, 5.41) is 9.79. The van der Waals surface area contributed by atoms with Crippen molar-refractivity contribution in [3.8, 4) is 0 Å². The maximum Gasteiger partial charge on any atom is 0.471 e. The molecule has 1 amide bonds. The molecule has 1 N–H and O–H groups in total. The van der Waals surface area contributed by atoms with E-state index in [0.29, 0.717) is 29.2 Å². The van der Waals surface area contributed by atoms with E-state index < -0.39 is 36.2 Å². The molecule has 2 aliphatic rings. The first kappa shape index (κ1) is 30.2. The lowest BCUT2D eigenvalue weighted by Crippen LogP contribution is -2.50. The second-order valence-corrected chi connectivity index (χ2v) is 9.67. The van der Waals surface area contributed by atoms with Crippen LogP contribution in [-0.2, 0) is 9.53 Å². The van der Waals surface area contributed by atoms with Gasteiger partial charge in [0.05, 0.1) is 16.8 Å². The third kappa shape index (κ3) is 7.21. The van der Waals surface area contributed by atoms with E-state index in [9.17, 15) is 32.7 Å². The summed E-state index contributed by atoms with van der Waals surface area (Å²) in [6.07, 6.45) is -5.00. The van der Waals surface area contributed by atoms with Crippen LogP contribution in [0.1, 0.15) is 46.4 Å². The van der Waals surface area contributed by atoms with Gasteiger partial charge in [-0.2, -0.15) is 13.2 Å². The number of carbonyl (C=O) groups excluding carboxylic acids is 2. The normalized spacial score (nSPS) is 20.1. The lowest BCUT2D eigenvalue weighted by atomic mass is 9.90. The molecule has 8 nitrogen and oxygen atoms in total. The SMILES string of the molecule is CN1CCN(c2ccc(C(=O)O)c(N(C(=O)C(F)(F)F)[C@H]3CC[C@@H](OC(=O)c4ccccc4)CC3)c2)CC1.Cl. The van der Waals surface area contributed by atoms with Gasteiger partial charge in [0, 0.05) is 37.9 Å². The van der Waals surface area contributed by atoms with Gasteiger partial charge in [0.15, 0.2) is 0 Å². The Morgan fingerprint density at radius 3 is 2.13 bits per heavy atom. The van der Waals surface area contributed by atoms with Gasteiger partial charge < -0.3 is 24.5 Å². The minimum absolute atomic E-state index is 0. The second-order valence-electron chi connectivity index (χ2n) is 9.67. The Balaban J connectivity index is 0.00000420. The zero-order valence-corrected chi connectivity index (χ0v) is 22.2. The number of aromatic carboxylic acids is 1. The quantitative estimate of drug-likeness (QED) is 0.508. The van der Waals surface area contributed by atoms with E-state index in [2.05, 4.69) is 4.90 Å². The Kier molecular flexibility index (Phi) is 9.84. The maximum absolute atomic E-state index is 13.8. The summed E-state index contributed by atoms with van der Waals surface area (Å²) in [5.41, 5.74) is 0.276. The molecule has 2 aromatic carbocycles. The zero-order valence-electron chi connectivity index (χ0n) is 21.4. The number of carboxylic acid groups (broad SMARTS) is 1. The number of hydrogen-bond donors (Lipinski definition) is 1. The molecule has 1 aliphatic heterocycles. The Bertz CT molecular complexity index is 1170. The third-order valence-electron chi connectivity index (χ3n) is 7.09. The molecule has 1 heterocycles. The van der Waals surface area contributed by atoms with Crippen LogP contribution in [0.5, 0.6) is 0 Å². The molecule has 0 unspecified atom stereocenters. The first-order valence-electron chi connectivity index (χ1n) is 12.5. The van der Waals surface area contributed by atoms with Crippen LogP contribution < -0.4 is 9.80 Å². The number of alkyl halides is 3. The van der Waals surface area contributed by atoms with Crippen molar-refractivity contribution in [2.24, 2.45) is 0 Å². The summed E-state index contributed by atoms with van der Waals surface area (Å²) in [6.45, 7) is 2.72. The van der Waals surface area contributed by atoms with E-state index in [1.807, 2.05) is 11.9 Å². The van der Waals surface area contributed by atoms with E-state index in [1.165, 1.54) is 12.1 Å².